The van der Waals surface area contributed by atoms with Gasteiger partial charge in [0.1, 0.15) is 0 Å². The summed E-state index contributed by atoms with van der Waals surface area (Å²) >= 11 is 0. The smallest absolute Gasteiger partial charge is 0.334 e. The predicted octanol–water partition coefficient (Wildman–Crippen LogP) is 2.42. The highest BCUT2D eigenvalue weighted by Crippen LogP contribution is 2.28. The van der Waals surface area contributed by atoms with E-state index in [0.717, 1.165) is 25.9 Å². The van der Waals surface area contributed by atoms with Crippen LogP contribution >= 0.6 is 0 Å². The fourth-order valence-electron chi connectivity index (χ4n) is 4.17. The number of carboxylic acid groups (broad SMARTS) is 1. The molecule has 2 aliphatic heterocycles. The lowest BCUT2D eigenvalue weighted by Gasteiger charge is -2.36. The Morgan fingerprint density at radius 1 is 1.04 bits per heavy atom. The number of carboxylic acids is 1. The summed E-state index contributed by atoms with van der Waals surface area (Å²) in [7, 11) is 0. The molecule has 3 amide bonds. The summed E-state index contributed by atoms with van der Waals surface area (Å²) in [6.45, 7) is 4.45. The van der Waals surface area contributed by atoms with Crippen molar-refractivity contribution in [1.29, 1.82) is 0 Å². The van der Waals surface area contributed by atoms with Gasteiger partial charge in [-0.15, -0.1) is 0 Å². The zero-order valence-corrected chi connectivity index (χ0v) is 16.4. The minimum Gasteiger partial charge on any atom is -0.479 e. The summed E-state index contributed by atoms with van der Waals surface area (Å²) in [6, 6.07) is 8.90. The van der Waals surface area contributed by atoms with Crippen molar-refractivity contribution in [3.05, 3.63) is 35.9 Å². The third kappa shape index (κ3) is 3.98. The van der Waals surface area contributed by atoms with E-state index in [9.17, 15) is 19.5 Å². The molecule has 7 nitrogen and oxygen atoms in total. The molecule has 7 heteroatoms. The van der Waals surface area contributed by atoms with Crippen LogP contribution in [0.15, 0.2) is 30.3 Å². The van der Waals surface area contributed by atoms with Crippen LogP contribution in [0.2, 0.25) is 0 Å². The Morgan fingerprint density at radius 3 is 2.14 bits per heavy atom. The maximum atomic E-state index is 12.9. The van der Waals surface area contributed by atoms with Crippen LogP contribution in [0.25, 0.3) is 0 Å². The van der Waals surface area contributed by atoms with Gasteiger partial charge in [0.2, 0.25) is 5.91 Å². The number of nitrogens with one attached hydrogen (secondary N) is 1. The normalized spacial score (nSPS) is 19.9. The van der Waals surface area contributed by atoms with E-state index in [4.69, 9.17) is 0 Å². The van der Waals surface area contributed by atoms with Crippen molar-refractivity contribution < 1.29 is 19.5 Å². The predicted molar refractivity (Wildman–Crippen MR) is 105 cm³/mol. The number of hydrogen-bond acceptors (Lipinski definition) is 3. The second-order valence-electron chi connectivity index (χ2n) is 7.66. The highest BCUT2D eigenvalue weighted by Gasteiger charge is 2.42. The Morgan fingerprint density at radius 2 is 1.61 bits per heavy atom. The van der Waals surface area contributed by atoms with Gasteiger partial charge in [-0.25, -0.2) is 9.59 Å². The van der Waals surface area contributed by atoms with E-state index in [0.29, 0.717) is 31.5 Å². The number of aliphatic carboxylic acids is 1. The van der Waals surface area contributed by atoms with E-state index in [1.54, 1.807) is 31.2 Å². The van der Waals surface area contributed by atoms with Gasteiger partial charge < -0.3 is 20.2 Å². The molecule has 0 saturated carbocycles. The van der Waals surface area contributed by atoms with Gasteiger partial charge in [-0.3, -0.25) is 4.79 Å². The third-order valence-electron chi connectivity index (χ3n) is 6.01. The van der Waals surface area contributed by atoms with Crippen LogP contribution in [0.1, 0.15) is 44.6 Å². The van der Waals surface area contributed by atoms with Crippen LogP contribution < -0.4 is 5.32 Å². The van der Waals surface area contributed by atoms with Crippen LogP contribution in [0, 0.1) is 5.92 Å². The molecule has 0 aromatic heterocycles. The molecule has 28 heavy (non-hydrogen) atoms. The SMILES string of the molecule is CCC(NC(=O)C1CCN(C(=O)N2CCCC2)CC1)(C(=O)O)c1ccccc1. The number of rotatable bonds is 5. The maximum absolute atomic E-state index is 12.9. The second kappa shape index (κ2) is 8.63. The van der Waals surface area contributed by atoms with Gasteiger partial charge in [0, 0.05) is 32.1 Å². The third-order valence-corrected chi connectivity index (χ3v) is 6.01. The van der Waals surface area contributed by atoms with Gasteiger partial charge in [0.25, 0.3) is 0 Å². The van der Waals surface area contributed by atoms with E-state index in [2.05, 4.69) is 5.32 Å². The van der Waals surface area contributed by atoms with Gasteiger partial charge in [-0.1, -0.05) is 37.3 Å². The highest BCUT2D eigenvalue weighted by atomic mass is 16.4. The van der Waals surface area contributed by atoms with E-state index < -0.39 is 11.5 Å². The second-order valence-corrected chi connectivity index (χ2v) is 7.66. The Labute approximate surface area is 165 Å². The van der Waals surface area contributed by atoms with E-state index in [1.807, 2.05) is 15.9 Å². The molecule has 1 aromatic rings. The summed E-state index contributed by atoms with van der Waals surface area (Å²) in [5.41, 5.74) is -0.860. The van der Waals surface area contributed by atoms with Crippen molar-refractivity contribution in [2.24, 2.45) is 5.92 Å². The van der Waals surface area contributed by atoms with Crippen molar-refractivity contribution in [1.82, 2.24) is 15.1 Å². The van der Waals surface area contributed by atoms with Crippen LogP contribution in [0.4, 0.5) is 4.79 Å². The van der Waals surface area contributed by atoms with Crippen LogP contribution in [-0.2, 0) is 15.1 Å². The van der Waals surface area contributed by atoms with E-state index >= 15 is 0 Å². The number of likely N-dealkylation sites (tertiary alicyclic amines) is 2. The van der Waals surface area contributed by atoms with Crippen LogP contribution in [0.3, 0.4) is 0 Å². The largest absolute Gasteiger partial charge is 0.479 e. The van der Waals surface area contributed by atoms with Crippen molar-refractivity contribution in [2.75, 3.05) is 26.2 Å². The molecule has 2 saturated heterocycles. The van der Waals surface area contributed by atoms with Gasteiger partial charge in [0.05, 0.1) is 0 Å². The molecule has 0 aliphatic carbocycles. The maximum Gasteiger partial charge on any atom is 0.334 e. The molecule has 0 spiro atoms. The van der Waals surface area contributed by atoms with Crippen LogP contribution in [-0.4, -0.2) is 59.0 Å². The average Bonchev–Trinajstić information content (AvgIpc) is 3.27. The van der Waals surface area contributed by atoms with Crippen LogP contribution in [0.5, 0.6) is 0 Å². The first-order chi connectivity index (χ1) is 13.5. The van der Waals surface area contributed by atoms with Gasteiger partial charge in [-0.2, -0.15) is 0 Å². The Balaban J connectivity index is 1.64. The Kier molecular flexibility index (Phi) is 6.21. The molecule has 1 unspecified atom stereocenters. The van der Waals surface area contributed by atoms with Gasteiger partial charge in [0.15, 0.2) is 5.54 Å². The van der Waals surface area contributed by atoms with Crippen molar-refractivity contribution >= 4 is 17.9 Å². The molecule has 1 atom stereocenters. The first-order valence-electron chi connectivity index (χ1n) is 10.1. The lowest BCUT2D eigenvalue weighted by Crippen LogP contribution is -2.54. The topological polar surface area (TPSA) is 90.0 Å². The van der Waals surface area contributed by atoms with Gasteiger partial charge >= 0.3 is 12.0 Å². The van der Waals surface area contributed by atoms with E-state index in [1.165, 1.54) is 0 Å². The minimum absolute atomic E-state index is 0.0640. The molecule has 152 valence electrons. The molecule has 2 aliphatic rings. The number of amides is 3. The fraction of sp³-hybridized carbons (Fsp3) is 0.571. The van der Waals surface area contributed by atoms with Crippen molar-refractivity contribution in [3.8, 4) is 0 Å². The number of nitrogens with zero attached hydrogens (tertiary/aromatic N) is 2. The molecule has 2 fully saturated rings. The minimum atomic E-state index is -1.43. The van der Waals surface area contributed by atoms with Crippen molar-refractivity contribution in [3.63, 3.8) is 0 Å². The summed E-state index contributed by atoms with van der Waals surface area (Å²) in [4.78, 5) is 41.2. The number of urea groups is 1. The number of carbonyl (C=O) groups is 3. The number of hydrogen-bond donors (Lipinski definition) is 2. The summed E-state index contributed by atoms with van der Waals surface area (Å²) in [6.07, 6.45) is 3.47. The Hall–Kier alpha value is -2.57. The number of benzene rings is 1. The van der Waals surface area contributed by atoms with E-state index in [-0.39, 0.29) is 24.3 Å². The summed E-state index contributed by atoms with van der Waals surface area (Å²) in [5.74, 6) is -1.59. The number of carbonyl (C=O) groups excluding carboxylic acids is 2. The first-order valence-corrected chi connectivity index (χ1v) is 10.1. The summed E-state index contributed by atoms with van der Waals surface area (Å²) < 4.78 is 0. The monoisotopic (exact) mass is 387 g/mol. The van der Waals surface area contributed by atoms with Gasteiger partial charge in [-0.05, 0) is 37.7 Å². The molecular formula is C21H29N3O4. The fourth-order valence-corrected chi connectivity index (χ4v) is 4.17. The summed E-state index contributed by atoms with van der Waals surface area (Å²) in [5, 5.41) is 12.7. The number of piperidine rings is 1. The molecule has 2 heterocycles. The van der Waals surface area contributed by atoms with Crippen molar-refractivity contribution in [2.45, 2.75) is 44.6 Å². The standard InChI is InChI=1S/C21H29N3O4/c1-2-21(19(26)27,17-8-4-3-5-9-17)22-18(25)16-10-14-24(15-11-16)20(28)23-12-6-7-13-23/h3-5,8-9,16H,2,6-7,10-15H2,1H3,(H,22,25)(H,26,27). The zero-order chi connectivity index (χ0) is 20.1. The highest BCUT2D eigenvalue weighted by molar-refractivity contribution is 5.89. The lowest BCUT2D eigenvalue weighted by atomic mass is 9.85. The molecule has 0 bridgehead atoms. The first kappa shape index (κ1) is 20.2. The molecule has 2 N–H and O–H groups in total. The average molecular weight is 387 g/mol. The molecule has 1 aromatic carbocycles. The molecule has 3 rings (SSSR count). The molecular weight excluding hydrogens is 358 g/mol. The zero-order valence-electron chi connectivity index (χ0n) is 16.4. The molecule has 0 radical (unpaired) electrons. The Bertz CT molecular complexity index is 710. The quantitative estimate of drug-likeness (QED) is 0.812. The lowest BCUT2D eigenvalue weighted by molar-refractivity contribution is -0.149.